The van der Waals surface area contributed by atoms with Crippen molar-refractivity contribution in [3.63, 3.8) is 0 Å². The smallest absolute Gasteiger partial charge is 0.416 e. The van der Waals surface area contributed by atoms with E-state index in [1.807, 2.05) is 0 Å². The Hall–Kier alpha value is -3.30. The van der Waals surface area contributed by atoms with Crippen LogP contribution in [0.3, 0.4) is 0 Å². The molecule has 1 N–H and O–H groups in total. The van der Waals surface area contributed by atoms with Crippen LogP contribution in [0.25, 0.3) is 0 Å². The van der Waals surface area contributed by atoms with Crippen LogP contribution in [0.15, 0.2) is 40.8 Å². The van der Waals surface area contributed by atoms with Crippen LogP contribution in [-0.2, 0) is 22.3 Å². The summed E-state index contributed by atoms with van der Waals surface area (Å²) in [4.78, 5) is 40.8. The third kappa shape index (κ3) is 5.43. The molecule has 2 aliphatic rings. The molecular weight excluding hydrogens is 451 g/mol. The monoisotopic (exact) mass is 477 g/mol. The first kappa shape index (κ1) is 23.8. The molecule has 2 aromatic rings. The number of benzene rings is 1. The fraction of sp³-hybridized carbons (Fsp3) is 0.458. The molecule has 2 fully saturated rings. The van der Waals surface area contributed by atoms with Gasteiger partial charge in [-0.05, 0) is 49.6 Å². The van der Waals surface area contributed by atoms with E-state index in [-0.39, 0.29) is 49.0 Å². The number of aryl methyl sites for hydroxylation is 1. The molecule has 0 aliphatic carbocycles. The lowest BCUT2D eigenvalue weighted by atomic mass is 10.0. The van der Waals surface area contributed by atoms with Crippen LogP contribution >= 0.6 is 0 Å². The Bertz CT molecular complexity index is 1070. The van der Waals surface area contributed by atoms with Gasteiger partial charge in [0, 0.05) is 38.6 Å². The molecule has 0 saturated carbocycles. The van der Waals surface area contributed by atoms with Gasteiger partial charge in [0.25, 0.3) is 5.91 Å². The minimum absolute atomic E-state index is 0.0346. The highest BCUT2D eigenvalue weighted by Crippen LogP contribution is 2.30. The predicted octanol–water partition coefficient (Wildman–Crippen LogP) is 3.38. The summed E-state index contributed by atoms with van der Waals surface area (Å²) in [7, 11) is 0. The second kappa shape index (κ2) is 9.52. The van der Waals surface area contributed by atoms with Gasteiger partial charge in [0.2, 0.25) is 11.8 Å². The van der Waals surface area contributed by atoms with Gasteiger partial charge in [0.1, 0.15) is 5.76 Å². The number of hydrogen-bond acceptors (Lipinski definition) is 4. The van der Waals surface area contributed by atoms with Crippen molar-refractivity contribution in [3.8, 4) is 0 Å². The minimum atomic E-state index is -4.45. The van der Waals surface area contributed by atoms with Crippen molar-refractivity contribution in [3.05, 3.63) is 59.0 Å². The zero-order valence-electron chi connectivity index (χ0n) is 18.7. The molecule has 3 heterocycles. The number of halogens is 3. The largest absolute Gasteiger partial charge is 0.456 e. The average molecular weight is 477 g/mol. The zero-order valence-corrected chi connectivity index (χ0v) is 18.7. The highest BCUT2D eigenvalue weighted by molar-refractivity contribution is 5.92. The Kier molecular flexibility index (Phi) is 6.67. The summed E-state index contributed by atoms with van der Waals surface area (Å²) in [5.41, 5.74) is -0.388. The lowest BCUT2D eigenvalue weighted by Gasteiger charge is -2.33. The number of carbonyl (C=O) groups is 3. The molecular formula is C24H26F3N3O4. The predicted molar refractivity (Wildman–Crippen MR) is 115 cm³/mol. The zero-order chi connectivity index (χ0) is 24.5. The molecule has 0 spiro atoms. The van der Waals surface area contributed by atoms with Crippen LogP contribution in [0.1, 0.15) is 46.7 Å². The Morgan fingerprint density at radius 3 is 2.53 bits per heavy atom. The third-order valence-corrected chi connectivity index (χ3v) is 6.30. The van der Waals surface area contributed by atoms with Gasteiger partial charge in [0.05, 0.1) is 11.5 Å². The maximum absolute atomic E-state index is 13.0. The third-order valence-electron chi connectivity index (χ3n) is 6.30. The van der Waals surface area contributed by atoms with Crippen molar-refractivity contribution in [2.45, 2.75) is 44.9 Å². The maximum atomic E-state index is 13.0. The molecule has 2 aliphatic heterocycles. The Morgan fingerprint density at radius 1 is 1.15 bits per heavy atom. The molecule has 34 heavy (non-hydrogen) atoms. The van der Waals surface area contributed by atoms with Crippen molar-refractivity contribution in [2.75, 3.05) is 19.6 Å². The minimum Gasteiger partial charge on any atom is -0.456 e. The van der Waals surface area contributed by atoms with Crippen LogP contribution in [0.2, 0.25) is 0 Å². The summed E-state index contributed by atoms with van der Waals surface area (Å²) in [5.74, 6) is -0.280. The number of likely N-dealkylation sites (tertiary alicyclic amines) is 2. The molecule has 10 heteroatoms. The Balaban J connectivity index is 1.28. The summed E-state index contributed by atoms with van der Waals surface area (Å²) < 4.78 is 44.2. The lowest BCUT2D eigenvalue weighted by molar-refractivity contribution is -0.138. The summed E-state index contributed by atoms with van der Waals surface area (Å²) in [6, 6.07) is 8.14. The molecule has 3 amide bonds. The van der Waals surface area contributed by atoms with Gasteiger partial charge in [-0.1, -0.05) is 12.1 Å². The van der Waals surface area contributed by atoms with E-state index in [2.05, 4.69) is 5.32 Å². The summed E-state index contributed by atoms with van der Waals surface area (Å²) >= 11 is 0. The second-order valence-corrected chi connectivity index (χ2v) is 8.86. The fourth-order valence-corrected chi connectivity index (χ4v) is 4.47. The van der Waals surface area contributed by atoms with Crippen molar-refractivity contribution in [1.82, 2.24) is 15.1 Å². The molecule has 7 nitrogen and oxygen atoms in total. The van der Waals surface area contributed by atoms with Gasteiger partial charge in [-0.2, -0.15) is 13.2 Å². The lowest BCUT2D eigenvalue weighted by Crippen LogP contribution is -2.48. The number of alkyl halides is 3. The number of carbonyl (C=O) groups excluding carboxylic acids is 3. The van der Waals surface area contributed by atoms with E-state index in [4.69, 9.17) is 4.42 Å². The van der Waals surface area contributed by atoms with Crippen molar-refractivity contribution >= 4 is 17.7 Å². The van der Waals surface area contributed by atoms with Gasteiger partial charge >= 0.3 is 6.18 Å². The van der Waals surface area contributed by atoms with Crippen LogP contribution in [0, 0.1) is 12.8 Å². The standard InChI is InChI=1S/C24H26F3N3O4/c1-15-5-6-20(34-15)22(32)28-19-7-9-29(10-8-19)23(33)17-12-21(31)30(14-17)13-16-3-2-4-18(11-16)24(25,26)27/h2-6,11,17,19H,7-10,12-14H2,1H3,(H,28,32). The SMILES string of the molecule is Cc1ccc(C(=O)NC2CCN(C(=O)C3CC(=O)N(Cc4cccc(C(F)(F)F)c4)C3)CC2)o1. The Morgan fingerprint density at radius 2 is 1.88 bits per heavy atom. The van der Waals surface area contributed by atoms with Gasteiger partial charge in [0.15, 0.2) is 5.76 Å². The summed E-state index contributed by atoms with van der Waals surface area (Å²) in [6.07, 6.45) is -3.23. The number of amides is 3. The number of nitrogens with one attached hydrogen (secondary N) is 1. The van der Waals surface area contributed by atoms with E-state index in [1.165, 1.54) is 11.0 Å². The molecule has 2 saturated heterocycles. The van der Waals surface area contributed by atoms with Gasteiger partial charge in [-0.3, -0.25) is 14.4 Å². The van der Waals surface area contributed by atoms with E-state index >= 15 is 0 Å². The van der Waals surface area contributed by atoms with E-state index in [9.17, 15) is 27.6 Å². The first-order valence-corrected chi connectivity index (χ1v) is 11.2. The maximum Gasteiger partial charge on any atom is 0.416 e. The van der Waals surface area contributed by atoms with Crippen molar-refractivity contribution < 1.29 is 32.0 Å². The first-order valence-electron chi connectivity index (χ1n) is 11.2. The number of nitrogens with zero attached hydrogens (tertiary/aromatic N) is 2. The summed E-state index contributed by atoms with van der Waals surface area (Å²) in [5, 5.41) is 2.92. The van der Waals surface area contributed by atoms with E-state index < -0.39 is 17.7 Å². The van der Waals surface area contributed by atoms with Crippen LogP contribution < -0.4 is 5.32 Å². The van der Waals surface area contributed by atoms with E-state index in [0.29, 0.717) is 37.3 Å². The average Bonchev–Trinajstić information content (AvgIpc) is 3.39. The number of hydrogen-bond donors (Lipinski definition) is 1. The summed E-state index contributed by atoms with van der Waals surface area (Å²) in [6.45, 7) is 2.89. The van der Waals surface area contributed by atoms with Gasteiger partial charge in [-0.25, -0.2) is 0 Å². The molecule has 1 aromatic heterocycles. The molecule has 182 valence electrons. The molecule has 0 radical (unpaired) electrons. The highest BCUT2D eigenvalue weighted by Gasteiger charge is 2.38. The highest BCUT2D eigenvalue weighted by atomic mass is 19.4. The van der Waals surface area contributed by atoms with Gasteiger partial charge < -0.3 is 19.5 Å². The molecule has 4 rings (SSSR count). The first-order chi connectivity index (χ1) is 16.1. The fourth-order valence-electron chi connectivity index (χ4n) is 4.47. The number of rotatable bonds is 5. The van der Waals surface area contributed by atoms with Crippen molar-refractivity contribution in [1.29, 1.82) is 0 Å². The Labute approximate surface area is 194 Å². The van der Waals surface area contributed by atoms with Gasteiger partial charge in [-0.15, -0.1) is 0 Å². The molecule has 1 unspecified atom stereocenters. The van der Waals surface area contributed by atoms with Crippen molar-refractivity contribution in [2.24, 2.45) is 5.92 Å². The normalized spacial score (nSPS) is 19.5. The molecule has 1 atom stereocenters. The number of furan rings is 1. The van der Waals surface area contributed by atoms with E-state index in [0.717, 1.165) is 12.1 Å². The van der Waals surface area contributed by atoms with Crippen LogP contribution in [0.5, 0.6) is 0 Å². The molecule has 1 aromatic carbocycles. The number of piperidine rings is 1. The van der Waals surface area contributed by atoms with Crippen LogP contribution in [0.4, 0.5) is 13.2 Å². The quantitative estimate of drug-likeness (QED) is 0.716. The van der Waals surface area contributed by atoms with E-state index in [1.54, 1.807) is 30.0 Å². The second-order valence-electron chi connectivity index (χ2n) is 8.86. The topological polar surface area (TPSA) is 82.9 Å². The van der Waals surface area contributed by atoms with Crippen LogP contribution in [-0.4, -0.2) is 53.2 Å². The molecule has 0 bridgehead atoms.